The topological polar surface area (TPSA) is 370 Å². The van der Waals surface area contributed by atoms with Crippen molar-refractivity contribution in [1.82, 2.24) is 0 Å². The van der Waals surface area contributed by atoms with E-state index < -0.39 is 148 Å². The Labute approximate surface area is 351 Å². The lowest BCUT2D eigenvalue weighted by Crippen LogP contribution is -2.72. The van der Waals surface area contributed by atoms with Gasteiger partial charge in [-0.1, -0.05) is 84.0 Å². The van der Waals surface area contributed by atoms with Crippen molar-refractivity contribution in [2.45, 2.75) is 201 Å². The number of carbonyl (C=O) groups is 2. The molecule has 0 saturated carbocycles. The molecule has 3 rings (SSSR count). The van der Waals surface area contributed by atoms with Crippen LogP contribution < -0.4 is 17.2 Å². The number of esters is 1. The first-order valence-corrected chi connectivity index (χ1v) is 21.4. The van der Waals surface area contributed by atoms with E-state index in [-0.39, 0.29) is 6.42 Å². The minimum atomic E-state index is -2.68. The Morgan fingerprint density at radius 2 is 1.17 bits per heavy atom. The predicted octanol–water partition coefficient (Wildman–Crippen LogP) is -3.39. The SMILES string of the molecule is CCCCCCCCCCCCCCC(CCC(=O)O[C@@]1(CO)O[C@H](OC2[C@@H](CO)O[C@@H](OC3[C@@H](CO)O[C@@H](O)[C@H](N)[C@H]3O)[C@H](N)[C@H]2O)[C@H](N)[C@@H](O)[C@@H]1O)C(=O)C(O)CO. The van der Waals surface area contributed by atoms with Gasteiger partial charge in [-0.2, -0.15) is 0 Å². The smallest absolute Gasteiger partial charge is 0.308 e. The van der Waals surface area contributed by atoms with Gasteiger partial charge in [0.05, 0.1) is 37.9 Å². The number of rotatable bonds is 27. The standard InChI is InChI=1S/C39H73N3O18/c1-2-3-4-5-6-7-8-9-10-11-12-13-14-21(29(49)22(47)17-43)15-16-25(48)59-39(20-46)35(53)32(52)28(42)38(60-39)58-34-24(19-45)56-37(27(41)31(34)51)57-33-23(18-44)55-36(54)26(40)30(33)50/h21-24,26-28,30-38,43-47,50-54H,2-20,40-42H2,1H3/t21?,22?,23-,24-,26-,27-,28-,30-,31-,32-,33?,34?,35+,36-,37+,38+,39+/m1/s1. The van der Waals surface area contributed by atoms with Crippen molar-refractivity contribution in [1.29, 1.82) is 0 Å². The summed E-state index contributed by atoms with van der Waals surface area (Å²) in [6.07, 6.45) is -6.99. The van der Waals surface area contributed by atoms with Crippen LogP contribution in [0.4, 0.5) is 0 Å². The first kappa shape index (κ1) is 52.8. The number of Topliss-reactive ketones (excluding diaryl/α,β-unsaturated/α-hetero) is 1. The summed E-state index contributed by atoms with van der Waals surface area (Å²) >= 11 is 0. The molecule has 352 valence electrons. The summed E-state index contributed by atoms with van der Waals surface area (Å²) in [4.78, 5) is 26.2. The molecule has 3 heterocycles. The number of ketones is 1. The molecule has 3 fully saturated rings. The lowest BCUT2D eigenvalue weighted by Gasteiger charge is -2.50. The quantitative estimate of drug-likeness (QED) is 0.0283. The Morgan fingerprint density at radius 3 is 1.70 bits per heavy atom. The second-order valence-corrected chi connectivity index (χ2v) is 16.3. The molecule has 0 amide bonds. The number of hydrogen-bond donors (Lipinski definition) is 13. The first-order valence-electron chi connectivity index (χ1n) is 21.4. The number of ether oxygens (including phenoxy) is 6. The number of unbranched alkanes of at least 4 members (excludes halogenated alkanes) is 11. The fourth-order valence-corrected chi connectivity index (χ4v) is 7.86. The van der Waals surface area contributed by atoms with E-state index >= 15 is 0 Å². The fraction of sp³-hybridized carbons (Fsp3) is 0.949. The monoisotopic (exact) mass is 871 g/mol. The Kier molecular flexibility index (Phi) is 23.1. The molecule has 0 aromatic rings. The van der Waals surface area contributed by atoms with Crippen molar-refractivity contribution >= 4 is 11.8 Å². The average Bonchev–Trinajstić information content (AvgIpc) is 3.24. The molecule has 21 heteroatoms. The van der Waals surface area contributed by atoms with Crippen molar-refractivity contribution < 1.29 is 89.1 Å². The van der Waals surface area contributed by atoms with Crippen LogP contribution in [0.15, 0.2) is 0 Å². The van der Waals surface area contributed by atoms with Crippen LogP contribution >= 0.6 is 0 Å². The maximum absolute atomic E-state index is 13.3. The first-order chi connectivity index (χ1) is 28.6. The molecule has 0 radical (unpaired) electrons. The summed E-state index contributed by atoms with van der Waals surface area (Å²) in [7, 11) is 0. The Bertz CT molecular complexity index is 1240. The highest BCUT2D eigenvalue weighted by Gasteiger charge is 2.58. The highest BCUT2D eigenvalue weighted by molar-refractivity contribution is 5.85. The maximum atomic E-state index is 13.3. The van der Waals surface area contributed by atoms with Gasteiger partial charge in [0.25, 0.3) is 5.79 Å². The minimum absolute atomic E-state index is 0.118. The van der Waals surface area contributed by atoms with Crippen LogP contribution in [0, 0.1) is 5.92 Å². The number of carbonyl (C=O) groups excluding carboxylic acids is 2. The van der Waals surface area contributed by atoms with Gasteiger partial charge in [-0.05, 0) is 12.8 Å². The van der Waals surface area contributed by atoms with E-state index in [9.17, 15) is 60.7 Å². The van der Waals surface area contributed by atoms with E-state index in [4.69, 9.17) is 45.6 Å². The molecule has 3 aliphatic rings. The molecule has 0 aromatic heterocycles. The Hall–Kier alpha value is -1.58. The molecule has 0 aliphatic carbocycles. The largest absolute Gasteiger partial charge is 0.427 e. The van der Waals surface area contributed by atoms with Gasteiger partial charge in [0.15, 0.2) is 24.7 Å². The van der Waals surface area contributed by atoms with E-state index in [1.165, 1.54) is 44.9 Å². The summed E-state index contributed by atoms with van der Waals surface area (Å²) in [6.45, 7) is -1.41. The summed E-state index contributed by atoms with van der Waals surface area (Å²) in [5.41, 5.74) is 18.1. The van der Waals surface area contributed by atoms with Crippen LogP contribution in [0.3, 0.4) is 0 Å². The normalized spacial score (nSPS) is 37.1. The molecule has 3 aliphatic heterocycles. The van der Waals surface area contributed by atoms with Crippen LogP contribution in [-0.4, -0.2) is 187 Å². The van der Waals surface area contributed by atoms with Crippen molar-refractivity contribution in [2.75, 3.05) is 26.4 Å². The predicted molar refractivity (Wildman–Crippen MR) is 209 cm³/mol. The van der Waals surface area contributed by atoms with Crippen molar-refractivity contribution in [2.24, 2.45) is 23.1 Å². The van der Waals surface area contributed by atoms with E-state index in [1.54, 1.807) is 0 Å². The molecule has 3 saturated heterocycles. The summed E-state index contributed by atoms with van der Waals surface area (Å²) in [5, 5.41) is 104. The molecule has 17 atom stereocenters. The molecule has 21 nitrogen and oxygen atoms in total. The van der Waals surface area contributed by atoms with Gasteiger partial charge in [0, 0.05) is 12.3 Å². The third kappa shape index (κ3) is 14.2. The molecule has 4 unspecified atom stereocenters. The van der Waals surface area contributed by atoms with Crippen LogP contribution in [0.1, 0.15) is 103 Å². The van der Waals surface area contributed by atoms with E-state index in [1.807, 2.05) is 0 Å². The summed E-state index contributed by atoms with van der Waals surface area (Å²) in [6, 6.07) is -4.47. The average molecular weight is 872 g/mol. The van der Waals surface area contributed by atoms with Crippen LogP contribution in [0.2, 0.25) is 0 Å². The van der Waals surface area contributed by atoms with Crippen LogP contribution in [0.5, 0.6) is 0 Å². The van der Waals surface area contributed by atoms with Gasteiger partial charge in [0.2, 0.25) is 0 Å². The van der Waals surface area contributed by atoms with E-state index in [0.29, 0.717) is 12.8 Å². The Balaban J connectivity index is 1.61. The maximum Gasteiger partial charge on any atom is 0.308 e. The Morgan fingerprint density at radius 1 is 0.667 bits per heavy atom. The zero-order chi connectivity index (χ0) is 44.6. The van der Waals surface area contributed by atoms with Crippen LogP contribution in [0.25, 0.3) is 0 Å². The number of aliphatic hydroxyl groups excluding tert-OH is 10. The fourth-order valence-electron chi connectivity index (χ4n) is 7.86. The lowest BCUT2D eigenvalue weighted by atomic mass is 9.89. The molecule has 0 bridgehead atoms. The molecule has 16 N–H and O–H groups in total. The van der Waals surface area contributed by atoms with E-state index in [0.717, 1.165) is 25.7 Å². The number of nitrogens with two attached hydrogens (primary N) is 3. The molecule has 0 spiro atoms. The van der Waals surface area contributed by atoms with Gasteiger partial charge in [-0.3, -0.25) is 9.59 Å². The molecule has 0 aromatic carbocycles. The van der Waals surface area contributed by atoms with Crippen molar-refractivity contribution in [3.05, 3.63) is 0 Å². The van der Waals surface area contributed by atoms with Gasteiger partial charge < -0.3 is 96.7 Å². The van der Waals surface area contributed by atoms with E-state index in [2.05, 4.69) is 6.92 Å². The zero-order valence-electron chi connectivity index (χ0n) is 34.6. The van der Waals surface area contributed by atoms with Crippen molar-refractivity contribution in [3.63, 3.8) is 0 Å². The second kappa shape index (κ2) is 26.3. The summed E-state index contributed by atoms with van der Waals surface area (Å²) < 4.78 is 33.6. The minimum Gasteiger partial charge on any atom is -0.427 e. The molecular weight excluding hydrogens is 798 g/mol. The number of hydrogen-bond acceptors (Lipinski definition) is 21. The zero-order valence-corrected chi connectivity index (χ0v) is 34.6. The van der Waals surface area contributed by atoms with Gasteiger partial charge in [-0.15, -0.1) is 0 Å². The third-order valence-electron chi connectivity index (χ3n) is 11.7. The lowest BCUT2D eigenvalue weighted by molar-refractivity contribution is -0.399. The second-order valence-electron chi connectivity index (χ2n) is 16.3. The highest BCUT2D eigenvalue weighted by atomic mass is 16.8. The van der Waals surface area contributed by atoms with Crippen LogP contribution in [-0.2, 0) is 38.0 Å². The van der Waals surface area contributed by atoms with Gasteiger partial charge in [-0.25, -0.2) is 0 Å². The van der Waals surface area contributed by atoms with Gasteiger partial charge in [0.1, 0.15) is 61.5 Å². The number of aliphatic hydroxyl groups is 10. The molecular formula is C39H73N3O18. The summed E-state index contributed by atoms with van der Waals surface area (Å²) in [5.74, 6) is -5.23. The van der Waals surface area contributed by atoms with Gasteiger partial charge >= 0.3 is 5.97 Å². The third-order valence-corrected chi connectivity index (χ3v) is 11.7. The van der Waals surface area contributed by atoms with Crippen molar-refractivity contribution in [3.8, 4) is 0 Å². The highest BCUT2D eigenvalue weighted by Crippen LogP contribution is 2.35. The molecule has 60 heavy (non-hydrogen) atoms.